The first-order chi connectivity index (χ1) is 15.0. The van der Waals surface area contributed by atoms with Crippen molar-refractivity contribution in [3.8, 4) is 0 Å². The normalized spacial score (nSPS) is 14.9. The Kier molecular flexibility index (Phi) is 5.80. The maximum atomic E-state index is 12.7. The van der Waals surface area contributed by atoms with Crippen molar-refractivity contribution in [2.45, 2.75) is 19.4 Å². The van der Waals surface area contributed by atoms with E-state index in [2.05, 4.69) is 5.32 Å². The molecule has 3 aromatic carbocycles. The van der Waals surface area contributed by atoms with E-state index >= 15 is 0 Å². The van der Waals surface area contributed by atoms with Crippen LogP contribution in [0.1, 0.15) is 55.2 Å². The van der Waals surface area contributed by atoms with Crippen molar-refractivity contribution in [3.05, 3.63) is 101 Å². The predicted molar refractivity (Wildman–Crippen MR) is 115 cm³/mol. The lowest BCUT2D eigenvalue weighted by Gasteiger charge is -2.25. The average Bonchev–Trinajstić information content (AvgIpc) is 2.80. The Morgan fingerprint density at radius 3 is 2.42 bits per heavy atom. The molecule has 1 N–H and O–H groups in total. The third kappa shape index (κ3) is 4.48. The lowest BCUT2D eigenvalue weighted by molar-refractivity contribution is 0.0252. The molecule has 6 nitrogen and oxygen atoms in total. The zero-order valence-corrected chi connectivity index (χ0v) is 17.0. The molecule has 0 spiro atoms. The molecule has 0 saturated heterocycles. The molecule has 0 saturated carbocycles. The van der Waals surface area contributed by atoms with Crippen molar-refractivity contribution in [1.82, 2.24) is 0 Å². The first kappa shape index (κ1) is 20.3. The van der Waals surface area contributed by atoms with Crippen molar-refractivity contribution in [3.63, 3.8) is 0 Å². The topological polar surface area (TPSA) is 81.7 Å². The number of rotatable bonds is 5. The van der Waals surface area contributed by atoms with Crippen LogP contribution in [0.3, 0.4) is 0 Å². The van der Waals surface area contributed by atoms with E-state index in [9.17, 15) is 14.4 Å². The molecular weight excluding hydrogens is 394 g/mol. The van der Waals surface area contributed by atoms with E-state index in [1.54, 1.807) is 49.4 Å². The SMILES string of the molecule is CCOC(=O)c1ccc(NC(=O)c2ccc3c(c2)CC(c2ccccc2)OC3=O)cc1. The summed E-state index contributed by atoms with van der Waals surface area (Å²) in [6, 6.07) is 21.0. The Balaban J connectivity index is 1.50. The number of fused-ring (bicyclic) bond motifs is 1. The summed E-state index contributed by atoms with van der Waals surface area (Å²) >= 11 is 0. The third-order valence-corrected chi connectivity index (χ3v) is 5.07. The number of benzene rings is 3. The van der Waals surface area contributed by atoms with Gasteiger partial charge in [0.2, 0.25) is 0 Å². The summed E-state index contributed by atoms with van der Waals surface area (Å²) in [5.74, 6) is -1.10. The molecule has 156 valence electrons. The Morgan fingerprint density at radius 1 is 1.00 bits per heavy atom. The number of nitrogens with one attached hydrogen (secondary N) is 1. The van der Waals surface area contributed by atoms with Crippen LogP contribution in [-0.2, 0) is 15.9 Å². The molecule has 4 rings (SSSR count). The second-order valence-corrected chi connectivity index (χ2v) is 7.13. The van der Waals surface area contributed by atoms with Crippen LogP contribution in [0.25, 0.3) is 0 Å². The quantitative estimate of drug-likeness (QED) is 0.618. The van der Waals surface area contributed by atoms with E-state index in [4.69, 9.17) is 9.47 Å². The smallest absolute Gasteiger partial charge is 0.339 e. The maximum Gasteiger partial charge on any atom is 0.339 e. The molecule has 0 fully saturated rings. The number of hydrogen-bond acceptors (Lipinski definition) is 5. The summed E-state index contributed by atoms with van der Waals surface area (Å²) in [6.07, 6.45) is 0.121. The number of esters is 2. The van der Waals surface area contributed by atoms with Gasteiger partial charge >= 0.3 is 11.9 Å². The minimum Gasteiger partial charge on any atom is -0.462 e. The molecule has 0 aromatic heterocycles. The fourth-order valence-electron chi connectivity index (χ4n) is 3.50. The van der Waals surface area contributed by atoms with Gasteiger partial charge in [0.05, 0.1) is 17.7 Å². The van der Waals surface area contributed by atoms with Crippen LogP contribution in [0.2, 0.25) is 0 Å². The summed E-state index contributed by atoms with van der Waals surface area (Å²) in [5, 5.41) is 2.81. The van der Waals surface area contributed by atoms with Gasteiger partial charge in [-0.25, -0.2) is 9.59 Å². The average molecular weight is 415 g/mol. The van der Waals surface area contributed by atoms with E-state index in [-0.39, 0.29) is 12.0 Å². The van der Waals surface area contributed by atoms with Crippen LogP contribution < -0.4 is 5.32 Å². The van der Waals surface area contributed by atoms with Gasteiger partial charge in [-0.05, 0) is 60.5 Å². The zero-order chi connectivity index (χ0) is 21.8. The number of cyclic esters (lactones) is 1. The molecule has 1 amide bonds. The molecule has 31 heavy (non-hydrogen) atoms. The molecule has 1 aliphatic rings. The van der Waals surface area contributed by atoms with Gasteiger partial charge in [0.25, 0.3) is 5.91 Å². The molecule has 0 bridgehead atoms. The number of ether oxygens (including phenoxy) is 2. The standard InChI is InChI=1S/C25H21NO5/c1-2-30-24(28)17-8-11-20(12-9-17)26-23(27)18-10-13-21-19(14-18)15-22(31-25(21)29)16-6-4-3-5-7-16/h3-14,22H,2,15H2,1H3,(H,26,27). The van der Waals surface area contributed by atoms with Crippen molar-refractivity contribution in [2.75, 3.05) is 11.9 Å². The Labute approximate surface area is 179 Å². The number of carbonyl (C=O) groups is 3. The third-order valence-electron chi connectivity index (χ3n) is 5.07. The number of hydrogen-bond donors (Lipinski definition) is 1. The Bertz CT molecular complexity index is 1120. The van der Waals surface area contributed by atoms with Crippen molar-refractivity contribution < 1.29 is 23.9 Å². The summed E-state index contributed by atoms with van der Waals surface area (Å²) < 4.78 is 10.5. The highest BCUT2D eigenvalue weighted by atomic mass is 16.5. The first-order valence-corrected chi connectivity index (χ1v) is 10.0. The largest absolute Gasteiger partial charge is 0.462 e. The lowest BCUT2D eigenvalue weighted by atomic mass is 9.93. The number of carbonyl (C=O) groups excluding carboxylic acids is 3. The minimum atomic E-state index is -0.407. The Hall–Kier alpha value is -3.93. The summed E-state index contributed by atoms with van der Waals surface area (Å²) in [6.45, 7) is 2.04. The highest BCUT2D eigenvalue weighted by Gasteiger charge is 2.28. The molecule has 1 unspecified atom stereocenters. The molecule has 0 radical (unpaired) electrons. The van der Waals surface area contributed by atoms with E-state index in [0.717, 1.165) is 11.1 Å². The van der Waals surface area contributed by atoms with Gasteiger partial charge in [0.15, 0.2) is 0 Å². The lowest BCUT2D eigenvalue weighted by Crippen LogP contribution is -2.23. The predicted octanol–water partition coefficient (Wildman–Crippen LogP) is 4.57. The van der Waals surface area contributed by atoms with Gasteiger partial charge in [0.1, 0.15) is 6.10 Å². The molecule has 3 aromatic rings. The minimum absolute atomic E-state index is 0.300. The van der Waals surface area contributed by atoms with Gasteiger partial charge in [-0.2, -0.15) is 0 Å². The fraction of sp³-hybridized carbons (Fsp3) is 0.160. The van der Waals surface area contributed by atoms with Gasteiger partial charge < -0.3 is 14.8 Å². The first-order valence-electron chi connectivity index (χ1n) is 10.0. The number of amides is 1. The van der Waals surface area contributed by atoms with Crippen LogP contribution >= 0.6 is 0 Å². The summed E-state index contributed by atoms with van der Waals surface area (Å²) in [5.41, 5.74) is 3.57. The van der Waals surface area contributed by atoms with E-state index in [1.807, 2.05) is 30.3 Å². The van der Waals surface area contributed by atoms with E-state index < -0.39 is 11.9 Å². The van der Waals surface area contributed by atoms with E-state index in [1.165, 1.54) is 0 Å². The Morgan fingerprint density at radius 2 is 1.71 bits per heavy atom. The molecule has 1 heterocycles. The highest BCUT2D eigenvalue weighted by molar-refractivity contribution is 6.05. The van der Waals surface area contributed by atoms with Crippen LogP contribution in [-0.4, -0.2) is 24.5 Å². The monoisotopic (exact) mass is 415 g/mol. The van der Waals surface area contributed by atoms with Crippen molar-refractivity contribution in [1.29, 1.82) is 0 Å². The molecule has 1 aliphatic heterocycles. The van der Waals surface area contributed by atoms with Crippen LogP contribution in [0.15, 0.2) is 72.8 Å². The highest BCUT2D eigenvalue weighted by Crippen LogP contribution is 2.31. The van der Waals surface area contributed by atoms with Crippen molar-refractivity contribution in [2.24, 2.45) is 0 Å². The fourth-order valence-corrected chi connectivity index (χ4v) is 3.50. The van der Waals surface area contributed by atoms with Gasteiger partial charge in [-0.1, -0.05) is 30.3 Å². The van der Waals surface area contributed by atoms with Gasteiger partial charge in [-0.15, -0.1) is 0 Å². The van der Waals surface area contributed by atoms with Crippen LogP contribution in [0.4, 0.5) is 5.69 Å². The second-order valence-electron chi connectivity index (χ2n) is 7.13. The van der Waals surface area contributed by atoms with Gasteiger partial charge in [0, 0.05) is 17.7 Å². The zero-order valence-electron chi connectivity index (χ0n) is 17.0. The maximum absolute atomic E-state index is 12.7. The molecule has 0 aliphatic carbocycles. The van der Waals surface area contributed by atoms with Gasteiger partial charge in [-0.3, -0.25) is 4.79 Å². The van der Waals surface area contributed by atoms with Crippen molar-refractivity contribution >= 4 is 23.5 Å². The molecule has 6 heteroatoms. The van der Waals surface area contributed by atoms with Crippen LogP contribution in [0, 0.1) is 0 Å². The molecule has 1 atom stereocenters. The second kappa shape index (κ2) is 8.83. The molecular formula is C25H21NO5. The summed E-state index contributed by atoms with van der Waals surface area (Å²) in [4.78, 5) is 36.9. The number of anilines is 1. The van der Waals surface area contributed by atoms with E-state index in [0.29, 0.717) is 35.4 Å². The summed E-state index contributed by atoms with van der Waals surface area (Å²) in [7, 11) is 0. The van der Waals surface area contributed by atoms with Crippen LogP contribution in [0.5, 0.6) is 0 Å².